The molecule has 0 bridgehead atoms. The van der Waals surface area contributed by atoms with Crippen LogP contribution in [-0.4, -0.2) is 4.92 Å². The van der Waals surface area contributed by atoms with Crippen molar-refractivity contribution in [2.24, 2.45) is 0 Å². The summed E-state index contributed by atoms with van der Waals surface area (Å²) in [6.45, 7) is 4.11. The molecule has 0 amide bonds. The fourth-order valence-electron chi connectivity index (χ4n) is 1.89. The fourth-order valence-corrected chi connectivity index (χ4v) is 3.07. The second-order valence-electron chi connectivity index (χ2n) is 4.26. The molecule has 1 heterocycles. The normalized spacial score (nSPS) is 12.2. The van der Waals surface area contributed by atoms with Crippen LogP contribution in [0.4, 0.5) is 11.4 Å². The monoisotopic (exact) mass is 296 g/mol. The minimum Gasteiger partial charge on any atom is -0.378 e. The Morgan fingerprint density at radius 2 is 2.16 bits per heavy atom. The standard InChI is InChI=1S/C13H13ClN2O2S/c1-8-5-6-19-13(8)9(2)15-10-3-4-12(16(17)18)11(14)7-10/h3-7,9,15H,1-2H3. The first-order chi connectivity index (χ1) is 8.99. The van der Waals surface area contributed by atoms with Crippen molar-refractivity contribution >= 4 is 34.3 Å². The van der Waals surface area contributed by atoms with Gasteiger partial charge in [-0.1, -0.05) is 11.6 Å². The molecule has 1 N–H and O–H groups in total. The van der Waals surface area contributed by atoms with Gasteiger partial charge in [0.25, 0.3) is 5.69 Å². The molecular formula is C13H13ClN2O2S. The zero-order valence-electron chi connectivity index (χ0n) is 10.5. The summed E-state index contributed by atoms with van der Waals surface area (Å²) in [7, 11) is 0. The Morgan fingerprint density at radius 1 is 1.42 bits per heavy atom. The first-order valence-corrected chi connectivity index (χ1v) is 6.99. The van der Waals surface area contributed by atoms with Crippen molar-refractivity contribution in [1.82, 2.24) is 0 Å². The van der Waals surface area contributed by atoms with E-state index in [1.165, 1.54) is 16.5 Å². The zero-order chi connectivity index (χ0) is 14.0. The SMILES string of the molecule is Cc1ccsc1C(C)Nc1ccc([N+](=O)[O-])c(Cl)c1. The topological polar surface area (TPSA) is 55.2 Å². The molecule has 1 atom stereocenters. The number of benzene rings is 1. The van der Waals surface area contributed by atoms with E-state index in [0.29, 0.717) is 0 Å². The number of nitro groups is 1. The summed E-state index contributed by atoms with van der Waals surface area (Å²) >= 11 is 7.57. The summed E-state index contributed by atoms with van der Waals surface area (Å²) in [5, 5.41) is 16.2. The van der Waals surface area contributed by atoms with Crippen molar-refractivity contribution in [3.8, 4) is 0 Å². The van der Waals surface area contributed by atoms with Gasteiger partial charge < -0.3 is 5.32 Å². The number of nitrogens with one attached hydrogen (secondary N) is 1. The van der Waals surface area contributed by atoms with Crippen molar-refractivity contribution in [2.75, 3.05) is 5.32 Å². The predicted molar refractivity (Wildman–Crippen MR) is 79.2 cm³/mol. The summed E-state index contributed by atoms with van der Waals surface area (Å²) in [6.07, 6.45) is 0. The number of halogens is 1. The van der Waals surface area contributed by atoms with Gasteiger partial charge in [-0.15, -0.1) is 11.3 Å². The number of anilines is 1. The van der Waals surface area contributed by atoms with Crippen LogP contribution < -0.4 is 5.32 Å². The van der Waals surface area contributed by atoms with Gasteiger partial charge >= 0.3 is 0 Å². The van der Waals surface area contributed by atoms with Crippen molar-refractivity contribution in [3.63, 3.8) is 0 Å². The maximum Gasteiger partial charge on any atom is 0.288 e. The van der Waals surface area contributed by atoms with Gasteiger partial charge in [-0.25, -0.2) is 0 Å². The maximum absolute atomic E-state index is 10.7. The van der Waals surface area contributed by atoms with Gasteiger partial charge in [0.1, 0.15) is 5.02 Å². The van der Waals surface area contributed by atoms with Crippen LogP contribution in [-0.2, 0) is 0 Å². The van der Waals surface area contributed by atoms with Crippen molar-refractivity contribution in [1.29, 1.82) is 0 Å². The second kappa shape index (κ2) is 5.59. The maximum atomic E-state index is 10.7. The molecule has 2 rings (SSSR count). The number of nitrogens with zero attached hydrogens (tertiary/aromatic N) is 1. The highest BCUT2D eigenvalue weighted by Gasteiger charge is 2.14. The van der Waals surface area contributed by atoms with E-state index >= 15 is 0 Å². The Hall–Kier alpha value is -1.59. The summed E-state index contributed by atoms with van der Waals surface area (Å²) in [5.41, 5.74) is 1.93. The summed E-state index contributed by atoms with van der Waals surface area (Å²) in [6, 6.07) is 6.87. The van der Waals surface area contributed by atoms with E-state index in [1.807, 2.05) is 12.3 Å². The second-order valence-corrected chi connectivity index (χ2v) is 5.61. The first-order valence-electron chi connectivity index (χ1n) is 5.73. The molecule has 1 aromatic carbocycles. The lowest BCUT2D eigenvalue weighted by molar-refractivity contribution is -0.384. The van der Waals surface area contributed by atoms with Gasteiger partial charge in [0.15, 0.2) is 0 Å². The first kappa shape index (κ1) is 13.8. The molecule has 4 nitrogen and oxygen atoms in total. The number of thiophene rings is 1. The lowest BCUT2D eigenvalue weighted by Crippen LogP contribution is -2.06. The van der Waals surface area contributed by atoms with Crippen LogP contribution >= 0.6 is 22.9 Å². The molecule has 19 heavy (non-hydrogen) atoms. The van der Waals surface area contributed by atoms with E-state index in [1.54, 1.807) is 23.5 Å². The largest absolute Gasteiger partial charge is 0.378 e. The Balaban J connectivity index is 2.18. The minimum absolute atomic E-state index is 0.0767. The Kier molecular flexibility index (Phi) is 4.07. The molecule has 100 valence electrons. The van der Waals surface area contributed by atoms with Crippen LogP contribution in [0.5, 0.6) is 0 Å². The van der Waals surface area contributed by atoms with Crippen LogP contribution in [0.25, 0.3) is 0 Å². The highest BCUT2D eigenvalue weighted by Crippen LogP contribution is 2.31. The molecule has 0 aliphatic rings. The number of nitro benzene ring substituents is 1. The van der Waals surface area contributed by atoms with Crippen molar-refractivity contribution < 1.29 is 4.92 Å². The van der Waals surface area contributed by atoms with E-state index < -0.39 is 4.92 Å². The van der Waals surface area contributed by atoms with Crippen molar-refractivity contribution in [2.45, 2.75) is 19.9 Å². The average molecular weight is 297 g/mol. The van der Waals surface area contributed by atoms with Crippen LogP contribution in [0.2, 0.25) is 5.02 Å². The van der Waals surface area contributed by atoms with Gasteiger partial charge in [-0.05, 0) is 43.0 Å². The van der Waals surface area contributed by atoms with Gasteiger partial charge in [-0.3, -0.25) is 10.1 Å². The van der Waals surface area contributed by atoms with Crippen LogP contribution in [0.15, 0.2) is 29.6 Å². The third kappa shape index (κ3) is 3.05. The molecule has 0 spiro atoms. The molecule has 1 aromatic heterocycles. The molecule has 1 unspecified atom stereocenters. The lowest BCUT2D eigenvalue weighted by atomic mass is 10.2. The van der Waals surface area contributed by atoms with E-state index in [-0.39, 0.29) is 16.8 Å². The van der Waals surface area contributed by atoms with Crippen LogP contribution in [0.3, 0.4) is 0 Å². The quantitative estimate of drug-likeness (QED) is 0.652. The van der Waals surface area contributed by atoms with Crippen LogP contribution in [0.1, 0.15) is 23.4 Å². The van der Waals surface area contributed by atoms with E-state index in [2.05, 4.69) is 18.3 Å². The molecule has 0 fully saturated rings. The van der Waals surface area contributed by atoms with E-state index in [4.69, 9.17) is 11.6 Å². The summed E-state index contributed by atoms with van der Waals surface area (Å²) in [5.74, 6) is 0. The van der Waals surface area contributed by atoms with E-state index in [0.717, 1.165) is 5.69 Å². The van der Waals surface area contributed by atoms with Gasteiger partial charge in [0, 0.05) is 16.6 Å². The number of aryl methyl sites for hydroxylation is 1. The van der Waals surface area contributed by atoms with Crippen molar-refractivity contribution in [3.05, 3.63) is 55.2 Å². The van der Waals surface area contributed by atoms with Crippen LogP contribution in [0, 0.1) is 17.0 Å². The molecule has 0 aliphatic carbocycles. The molecule has 6 heteroatoms. The lowest BCUT2D eigenvalue weighted by Gasteiger charge is -2.15. The average Bonchev–Trinajstić information content (AvgIpc) is 2.75. The predicted octanol–water partition coefficient (Wildman–Crippen LogP) is 4.79. The molecular weight excluding hydrogens is 284 g/mol. The third-order valence-corrected chi connectivity index (χ3v) is 4.33. The van der Waals surface area contributed by atoms with Gasteiger partial charge in [-0.2, -0.15) is 0 Å². The highest BCUT2D eigenvalue weighted by molar-refractivity contribution is 7.10. The van der Waals surface area contributed by atoms with Gasteiger partial charge in [0.2, 0.25) is 0 Å². The molecule has 0 aliphatic heterocycles. The summed E-state index contributed by atoms with van der Waals surface area (Å²) < 4.78 is 0. The Bertz CT molecular complexity index is 612. The smallest absolute Gasteiger partial charge is 0.288 e. The molecule has 2 aromatic rings. The number of hydrogen-bond donors (Lipinski definition) is 1. The highest BCUT2D eigenvalue weighted by atomic mass is 35.5. The molecule has 0 saturated carbocycles. The molecule has 0 radical (unpaired) electrons. The Morgan fingerprint density at radius 3 is 2.68 bits per heavy atom. The molecule has 0 saturated heterocycles. The minimum atomic E-state index is -0.487. The zero-order valence-corrected chi connectivity index (χ0v) is 12.1. The van der Waals surface area contributed by atoms with E-state index in [9.17, 15) is 10.1 Å². The third-order valence-electron chi connectivity index (χ3n) is 2.82. The number of rotatable bonds is 4. The number of hydrogen-bond acceptors (Lipinski definition) is 4. The Labute approximate surface area is 120 Å². The fraction of sp³-hybridized carbons (Fsp3) is 0.231. The summed E-state index contributed by atoms with van der Waals surface area (Å²) in [4.78, 5) is 11.4. The van der Waals surface area contributed by atoms with Gasteiger partial charge in [0.05, 0.1) is 11.0 Å².